The predicted octanol–water partition coefficient (Wildman–Crippen LogP) is 5.61. The van der Waals surface area contributed by atoms with Gasteiger partial charge in [0.2, 0.25) is 5.91 Å². The van der Waals surface area contributed by atoms with Gasteiger partial charge in [-0.2, -0.15) is 0 Å². The maximum Gasteiger partial charge on any atom is 0.265 e. The van der Waals surface area contributed by atoms with E-state index in [4.69, 9.17) is 16.3 Å². The van der Waals surface area contributed by atoms with Gasteiger partial charge in [-0.25, -0.2) is 0 Å². The van der Waals surface area contributed by atoms with Gasteiger partial charge in [0.1, 0.15) is 11.8 Å². The van der Waals surface area contributed by atoms with Crippen molar-refractivity contribution in [1.29, 1.82) is 0 Å². The summed E-state index contributed by atoms with van der Waals surface area (Å²) in [6.07, 6.45) is 0.878. The number of carbonyl (C=O) groups is 2. The number of rotatable bonds is 7. The summed E-state index contributed by atoms with van der Waals surface area (Å²) in [4.78, 5) is 32.4. The Morgan fingerprint density at radius 3 is 2.26 bits per heavy atom. The maximum absolute atomic E-state index is 14.2. The average molecular weight is 546 g/mol. The molecule has 6 nitrogen and oxygen atoms in total. The molecule has 2 amide bonds. The third-order valence-electron chi connectivity index (χ3n) is 7.66. The summed E-state index contributed by atoms with van der Waals surface area (Å²) < 4.78 is 6.31. The minimum atomic E-state index is -0.829. The number of nitrogens with zero attached hydrogens (tertiary/aromatic N) is 2. The molecule has 2 heterocycles. The first-order valence-electron chi connectivity index (χ1n) is 13.8. The Morgan fingerprint density at radius 2 is 1.62 bits per heavy atom. The van der Waals surface area contributed by atoms with Crippen molar-refractivity contribution in [3.8, 4) is 5.75 Å². The first-order valence-corrected chi connectivity index (χ1v) is 14.1. The van der Waals surface area contributed by atoms with E-state index >= 15 is 0 Å². The van der Waals surface area contributed by atoms with Crippen molar-refractivity contribution in [3.05, 3.63) is 101 Å². The quantitative estimate of drug-likeness (QED) is 0.419. The molecule has 0 radical (unpaired) electrons. The van der Waals surface area contributed by atoms with E-state index < -0.39 is 12.1 Å². The number of ether oxygens (including phenoxy) is 1. The minimum Gasteiger partial charge on any atom is -0.480 e. The monoisotopic (exact) mass is 545 g/mol. The van der Waals surface area contributed by atoms with Gasteiger partial charge in [-0.3, -0.25) is 14.5 Å². The second-order valence-corrected chi connectivity index (χ2v) is 11.2. The summed E-state index contributed by atoms with van der Waals surface area (Å²) in [6, 6.07) is 24.6. The van der Waals surface area contributed by atoms with Gasteiger partial charge in [-0.15, -0.1) is 0 Å². The summed E-state index contributed by atoms with van der Waals surface area (Å²) in [6.45, 7) is 6.90. The van der Waals surface area contributed by atoms with E-state index in [9.17, 15) is 9.59 Å². The Labute approximate surface area is 235 Å². The molecular weight excluding hydrogens is 510 g/mol. The fourth-order valence-electron chi connectivity index (χ4n) is 5.61. The topological polar surface area (TPSA) is 61.9 Å². The third kappa shape index (κ3) is 6.29. The van der Waals surface area contributed by atoms with Gasteiger partial charge in [0.05, 0.1) is 0 Å². The zero-order valence-corrected chi connectivity index (χ0v) is 23.3. The summed E-state index contributed by atoms with van der Waals surface area (Å²) >= 11 is 6.44. The van der Waals surface area contributed by atoms with Crippen molar-refractivity contribution >= 4 is 23.4 Å². The zero-order chi connectivity index (χ0) is 27.4. The van der Waals surface area contributed by atoms with Crippen LogP contribution in [0.4, 0.5) is 0 Å². The molecule has 1 saturated heterocycles. The van der Waals surface area contributed by atoms with E-state index in [-0.39, 0.29) is 23.8 Å². The molecule has 0 bridgehead atoms. The van der Waals surface area contributed by atoms with E-state index in [0.29, 0.717) is 22.9 Å². The number of hydrogen-bond donors (Lipinski definition) is 1. The Hall–Kier alpha value is -3.35. The van der Waals surface area contributed by atoms with E-state index in [2.05, 4.69) is 34.5 Å². The molecule has 1 fully saturated rings. The minimum absolute atomic E-state index is 0.0622. The van der Waals surface area contributed by atoms with Crippen LogP contribution in [-0.2, 0) is 22.7 Å². The molecule has 0 aromatic heterocycles. The van der Waals surface area contributed by atoms with Crippen LogP contribution < -0.4 is 10.1 Å². The van der Waals surface area contributed by atoms with Crippen LogP contribution in [0.2, 0.25) is 5.02 Å². The Balaban J connectivity index is 1.44. The predicted molar refractivity (Wildman–Crippen MR) is 153 cm³/mol. The van der Waals surface area contributed by atoms with Crippen LogP contribution >= 0.6 is 11.6 Å². The number of halogens is 1. The van der Waals surface area contributed by atoms with E-state index in [0.717, 1.165) is 38.0 Å². The first kappa shape index (κ1) is 27.2. The highest BCUT2D eigenvalue weighted by molar-refractivity contribution is 6.30. The van der Waals surface area contributed by atoms with Crippen molar-refractivity contribution in [1.82, 2.24) is 15.1 Å². The normalized spacial score (nSPS) is 20.3. The van der Waals surface area contributed by atoms with E-state index in [1.807, 2.05) is 55.1 Å². The van der Waals surface area contributed by atoms with Crippen LogP contribution in [0.5, 0.6) is 5.75 Å². The van der Waals surface area contributed by atoms with Gasteiger partial charge in [-0.05, 0) is 48.1 Å². The van der Waals surface area contributed by atoms with Crippen molar-refractivity contribution in [2.75, 3.05) is 13.1 Å². The molecular formula is C32H36ClN3O3. The van der Waals surface area contributed by atoms with Crippen molar-refractivity contribution in [2.24, 2.45) is 5.92 Å². The summed E-state index contributed by atoms with van der Waals surface area (Å²) in [7, 11) is 0. The lowest BCUT2D eigenvalue weighted by Crippen LogP contribution is -2.55. The SMILES string of the molecule is CC(C)C1Oc2ccc(Cl)cc2C(C(=O)NCc2ccccc2)N(C2CCN(Cc3ccccc3)CC2)C1=O. The molecule has 2 unspecified atom stereocenters. The summed E-state index contributed by atoms with van der Waals surface area (Å²) in [5.74, 6) is 0.109. The van der Waals surface area contributed by atoms with Crippen molar-refractivity contribution in [3.63, 3.8) is 0 Å². The first-order chi connectivity index (χ1) is 18.9. The molecule has 2 aliphatic heterocycles. The van der Waals surface area contributed by atoms with Crippen LogP contribution in [-0.4, -0.2) is 46.8 Å². The summed E-state index contributed by atoms with van der Waals surface area (Å²) in [5.41, 5.74) is 2.90. The molecule has 2 aliphatic rings. The Morgan fingerprint density at radius 1 is 0.974 bits per heavy atom. The lowest BCUT2D eigenvalue weighted by molar-refractivity contribution is -0.150. The molecule has 0 saturated carbocycles. The third-order valence-corrected chi connectivity index (χ3v) is 7.89. The number of carbonyl (C=O) groups excluding carboxylic acids is 2. The number of fused-ring (bicyclic) bond motifs is 1. The van der Waals surface area contributed by atoms with Crippen molar-refractivity contribution in [2.45, 2.75) is 58.0 Å². The van der Waals surface area contributed by atoms with Crippen LogP contribution in [0.15, 0.2) is 78.9 Å². The molecule has 2 atom stereocenters. The molecule has 1 N–H and O–H groups in total. The van der Waals surface area contributed by atoms with Gasteiger partial charge in [-0.1, -0.05) is 86.1 Å². The highest BCUT2D eigenvalue weighted by Gasteiger charge is 2.45. The Bertz CT molecular complexity index is 1280. The second-order valence-electron chi connectivity index (χ2n) is 10.8. The summed E-state index contributed by atoms with van der Waals surface area (Å²) in [5, 5.41) is 3.60. The maximum atomic E-state index is 14.2. The molecule has 0 aliphatic carbocycles. The fraction of sp³-hybridized carbons (Fsp3) is 0.375. The lowest BCUT2D eigenvalue weighted by atomic mass is 9.95. The number of piperidine rings is 1. The zero-order valence-electron chi connectivity index (χ0n) is 22.6. The van der Waals surface area contributed by atoms with E-state index in [1.165, 1.54) is 5.56 Å². The lowest BCUT2D eigenvalue weighted by Gasteiger charge is -2.42. The van der Waals surface area contributed by atoms with Crippen LogP contribution in [0, 0.1) is 5.92 Å². The van der Waals surface area contributed by atoms with Crippen molar-refractivity contribution < 1.29 is 14.3 Å². The molecule has 3 aromatic carbocycles. The largest absolute Gasteiger partial charge is 0.480 e. The van der Waals surface area contributed by atoms with Gasteiger partial charge in [0, 0.05) is 42.8 Å². The molecule has 3 aromatic rings. The van der Waals surface area contributed by atoms with E-state index in [1.54, 1.807) is 18.2 Å². The molecule has 204 valence electrons. The molecule has 0 spiro atoms. The number of nitrogens with one attached hydrogen (secondary N) is 1. The average Bonchev–Trinajstić information content (AvgIpc) is 3.07. The second kappa shape index (κ2) is 12.2. The standard InChI is InChI=1S/C32H36ClN3O3/c1-22(2)30-32(38)36(26-15-17-35(18-16-26)21-24-11-7-4-8-12-24)29(27-19-25(33)13-14-28(27)39-30)31(37)34-20-23-9-5-3-6-10-23/h3-14,19,22,26,29-30H,15-18,20-21H2,1-2H3,(H,34,37). The molecule has 7 heteroatoms. The number of amides is 2. The number of likely N-dealkylation sites (tertiary alicyclic amines) is 1. The van der Waals surface area contributed by atoms with Crippen LogP contribution in [0.1, 0.15) is 49.4 Å². The fourth-order valence-corrected chi connectivity index (χ4v) is 5.79. The van der Waals surface area contributed by atoms with Crippen LogP contribution in [0.3, 0.4) is 0 Å². The van der Waals surface area contributed by atoms with Gasteiger partial charge in [0.15, 0.2) is 6.10 Å². The Kier molecular flexibility index (Phi) is 8.53. The van der Waals surface area contributed by atoms with Gasteiger partial charge < -0.3 is 15.0 Å². The van der Waals surface area contributed by atoms with Gasteiger partial charge >= 0.3 is 0 Å². The molecule has 39 heavy (non-hydrogen) atoms. The van der Waals surface area contributed by atoms with Crippen LogP contribution in [0.25, 0.3) is 0 Å². The number of benzene rings is 3. The highest BCUT2D eigenvalue weighted by atomic mass is 35.5. The van der Waals surface area contributed by atoms with Gasteiger partial charge in [0.25, 0.3) is 5.91 Å². The number of hydrogen-bond acceptors (Lipinski definition) is 4. The highest BCUT2D eigenvalue weighted by Crippen LogP contribution is 2.40. The smallest absolute Gasteiger partial charge is 0.265 e. The molecule has 5 rings (SSSR count).